The fourth-order valence-electron chi connectivity index (χ4n) is 1.30. The molecule has 6 nitrogen and oxygen atoms in total. The molecule has 0 aliphatic carbocycles. The fourth-order valence-corrected chi connectivity index (χ4v) is 1.30. The van der Waals surface area contributed by atoms with Crippen molar-refractivity contribution in [3.8, 4) is 0 Å². The van der Waals surface area contributed by atoms with E-state index in [1.54, 1.807) is 4.90 Å². The Labute approximate surface area is 79.7 Å². The number of nitrogens with one attached hydrogen (secondary N) is 1. The highest BCUT2D eigenvalue weighted by molar-refractivity contribution is 5.92. The zero-order valence-electron chi connectivity index (χ0n) is 7.43. The van der Waals surface area contributed by atoms with Crippen LogP contribution in [0.1, 0.15) is 10.5 Å². The number of carbonyl (C=O) groups is 1. The molecule has 0 spiro atoms. The van der Waals surface area contributed by atoms with Gasteiger partial charge in [0.25, 0.3) is 11.5 Å². The lowest BCUT2D eigenvalue weighted by Gasteiger charge is -2.36. The van der Waals surface area contributed by atoms with Crippen LogP contribution in [0.3, 0.4) is 0 Å². The van der Waals surface area contributed by atoms with Gasteiger partial charge in [-0.15, -0.1) is 0 Å². The zero-order chi connectivity index (χ0) is 10.1. The van der Waals surface area contributed by atoms with Crippen molar-refractivity contribution in [1.82, 2.24) is 14.9 Å². The van der Waals surface area contributed by atoms with Crippen molar-refractivity contribution in [3.63, 3.8) is 0 Å². The zero-order valence-corrected chi connectivity index (χ0v) is 7.43. The van der Waals surface area contributed by atoms with Gasteiger partial charge in [-0.1, -0.05) is 0 Å². The summed E-state index contributed by atoms with van der Waals surface area (Å²) in [6.07, 6.45) is 2.40. The second-order valence-electron chi connectivity index (χ2n) is 3.27. The van der Waals surface area contributed by atoms with E-state index in [0.717, 1.165) is 6.20 Å². The van der Waals surface area contributed by atoms with Crippen LogP contribution in [-0.4, -0.2) is 39.9 Å². The Balaban J connectivity index is 2.12. The second-order valence-corrected chi connectivity index (χ2v) is 3.27. The molecule has 1 saturated heterocycles. The number of aromatic nitrogens is 2. The summed E-state index contributed by atoms with van der Waals surface area (Å²) in [6.45, 7) is 1.11. The Morgan fingerprint density at radius 2 is 2.36 bits per heavy atom. The number of likely N-dealkylation sites (tertiary alicyclic amines) is 1. The highest BCUT2D eigenvalue weighted by atomic mass is 16.2. The average molecular weight is 194 g/mol. The van der Waals surface area contributed by atoms with E-state index >= 15 is 0 Å². The van der Waals surface area contributed by atoms with Gasteiger partial charge in [-0.2, -0.15) is 0 Å². The molecule has 1 aromatic heterocycles. The monoisotopic (exact) mass is 194 g/mol. The van der Waals surface area contributed by atoms with Gasteiger partial charge in [-0.05, 0) is 0 Å². The van der Waals surface area contributed by atoms with Crippen molar-refractivity contribution < 1.29 is 4.79 Å². The predicted molar refractivity (Wildman–Crippen MR) is 48.7 cm³/mol. The molecule has 0 unspecified atom stereocenters. The molecule has 0 radical (unpaired) electrons. The van der Waals surface area contributed by atoms with Crippen LogP contribution < -0.4 is 11.3 Å². The van der Waals surface area contributed by atoms with E-state index in [9.17, 15) is 9.59 Å². The summed E-state index contributed by atoms with van der Waals surface area (Å²) in [5.41, 5.74) is 5.47. The first-order valence-corrected chi connectivity index (χ1v) is 4.26. The number of rotatable bonds is 1. The minimum atomic E-state index is -0.318. The van der Waals surface area contributed by atoms with Gasteiger partial charge in [0.1, 0.15) is 5.69 Å². The van der Waals surface area contributed by atoms with Gasteiger partial charge in [0.05, 0.1) is 6.20 Å². The van der Waals surface area contributed by atoms with E-state index in [1.165, 1.54) is 6.20 Å². The van der Waals surface area contributed by atoms with Gasteiger partial charge in [0.15, 0.2) is 0 Å². The van der Waals surface area contributed by atoms with Crippen molar-refractivity contribution in [1.29, 1.82) is 0 Å². The number of aromatic amines is 1. The van der Waals surface area contributed by atoms with Crippen molar-refractivity contribution in [3.05, 3.63) is 28.4 Å². The third-order valence-electron chi connectivity index (χ3n) is 2.09. The SMILES string of the molecule is NC1CN(C(=O)c2c[nH]c(=O)cn2)C1. The molecule has 1 amide bonds. The summed E-state index contributed by atoms with van der Waals surface area (Å²) in [6, 6.07) is 0.0710. The molecule has 2 heterocycles. The molecule has 1 fully saturated rings. The molecule has 1 aromatic rings. The molecule has 0 bridgehead atoms. The van der Waals surface area contributed by atoms with Gasteiger partial charge < -0.3 is 15.6 Å². The molecular weight excluding hydrogens is 184 g/mol. The van der Waals surface area contributed by atoms with Crippen LogP contribution in [-0.2, 0) is 0 Å². The lowest BCUT2D eigenvalue weighted by atomic mass is 10.1. The van der Waals surface area contributed by atoms with Crippen molar-refractivity contribution in [2.75, 3.05) is 13.1 Å². The Hall–Kier alpha value is -1.69. The van der Waals surface area contributed by atoms with E-state index in [-0.39, 0.29) is 23.2 Å². The first kappa shape index (κ1) is 8.89. The smallest absolute Gasteiger partial charge is 0.274 e. The third-order valence-corrected chi connectivity index (χ3v) is 2.09. The van der Waals surface area contributed by atoms with Crippen molar-refractivity contribution >= 4 is 5.91 Å². The van der Waals surface area contributed by atoms with Crippen LogP contribution in [0, 0.1) is 0 Å². The maximum atomic E-state index is 11.6. The Morgan fingerprint density at radius 3 is 2.86 bits per heavy atom. The van der Waals surface area contributed by atoms with E-state index in [0.29, 0.717) is 13.1 Å². The normalized spacial score (nSPS) is 16.5. The van der Waals surface area contributed by atoms with Gasteiger partial charge in [-0.3, -0.25) is 9.59 Å². The molecular formula is C8H10N4O2. The topological polar surface area (TPSA) is 92.1 Å². The van der Waals surface area contributed by atoms with Crippen LogP contribution >= 0.6 is 0 Å². The van der Waals surface area contributed by atoms with E-state index in [1.807, 2.05) is 0 Å². The highest BCUT2D eigenvalue weighted by Gasteiger charge is 2.28. The number of H-pyrrole nitrogens is 1. The van der Waals surface area contributed by atoms with Crippen LogP contribution in [0.25, 0.3) is 0 Å². The summed E-state index contributed by atoms with van der Waals surface area (Å²) in [7, 11) is 0. The second kappa shape index (κ2) is 3.22. The standard InChI is InChI=1S/C8H10N4O2/c9-5-3-12(4-5)8(14)6-1-11-7(13)2-10-6/h1-2,5H,3-4,9H2,(H,11,13). The number of nitrogens with two attached hydrogens (primary N) is 1. The Kier molecular flexibility index (Phi) is 2.05. The maximum absolute atomic E-state index is 11.6. The van der Waals surface area contributed by atoms with Crippen LogP contribution in [0.5, 0.6) is 0 Å². The number of carbonyl (C=O) groups excluding carboxylic acids is 1. The lowest BCUT2D eigenvalue weighted by molar-refractivity contribution is 0.0601. The van der Waals surface area contributed by atoms with E-state index < -0.39 is 0 Å². The molecule has 6 heteroatoms. The quantitative estimate of drug-likeness (QED) is 0.572. The van der Waals surface area contributed by atoms with Crippen LogP contribution in [0.4, 0.5) is 0 Å². The number of hydrogen-bond acceptors (Lipinski definition) is 4. The first-order valence-electron chi connectivity index (χ1n) is 4.26. The predicted octanol–water partition coefficient (Wildman–Crippen LogP) is -1.45. The largest absolute Gasteiger partial charge is 0.334 e. The Bertz CT molecular complexity index is 388. The first-order chi connectivity index (χ1) is 6.66. The summed E-state index contributed by atoms with van der Waals surface area (Å²) in [5, 5.41) is 0. The third kappa shape index (κ3) is 1.51. The highest BCUT2D eigenvalue weighted by Crippen LogP contribution is 2.08. The number of nitrogens with zero attached hydrogens (tertiary/aromatic N) is 2. The van der Waals surface area contributed by atoms with Crippen molar-refractivity contribution in [2.45, 2.75) is 6.04 Å². The van der Waals surface area contributed by atoms with Crippen molar-refractivity contribution in [2.24, 2.45) is 5.73 Å². The molecule has 3 N–H and O–H groups in total. The molecule has 1 aliphatic rings. The minimum absolute atomic E-state index is 0.0710. The maximum Gasteiger partial charge on any atom is 0.274 e. The summed E-state index contributed by atoms with van der Waals surface area (Å²) in [4.78, 5) is 30.0. The fraction of sp³-hybridized carbons (Fsp3) is 0.375. The molecule has 14 heavy (non-hydrogen) atoms. The van der Waals surface area contributed by atoms with Crippen LogP contribution in [0.15, 0.2) is 17.2 Å². The van der Waals surface area contributed by atoms with Gasteiger partial charge in [-0.25, -0.2) is 4.98 Å². The summed E-state index contributed by atoms with van der Waals surface area (Å²) in [5.74, 6) is -0.192. The number of hydrogen-bond donors (Lipinski definition) is 2. The minimum Gasteiger partial charge on any atom is -0.334 e. The van der Waals surface area contributed by atoms with Gasteiger partial charge in [0, 0.05) is 25.3 Å². The van der Waals surface area contributed by atoms with Gasteiger partial charge >= 0.3 is 0 Å². The molecule has 0 saturated carbocycles. The molecule has 0 aromatic carbocycles. The molecule has 0 atom stereocenters. The molecule has 2 rings (SSSR count). The van der Waals surface area contributed by atoms with E-state index in [4.69, 9.17) is 5.73 Å². The van der Waals surface area contributed by atoms with Gasteiger partial charge in [0.2, 0.25) is 0 Å². The molecule has 74 valence electrons. The summed E-state index contributed by atoms with van der Waals surface area (Å²) < 4.78 is 0. The molecule has 1 aliphatic heterocycles. The van der Waals surface area contributed by atoms with Crippen LogP contribution in [0.2, 0.25) is 0 Å². The lowest BCUT2D eigenvalue weighted by Crippen LogP contribution is -2.58. The van der Waals surface area contributed by atoms with E-state index in [2.05, 4.69) is 9.97 Å². The number of amides is 1. The Morgan fingerprint density at radius 1 is 1.64 bits per heavy atom. The average Bonchev–Trinajstić information content (AvgIpc) is 2.13. The summed E-state index contributed by atoms with van der Waals surface area (Å²) >= 11 is 0.